The van der Waals surface area contributed by atoms with E-state index in [1.807, 2.05) is 30.5 Å². The van der Waals surface area contributed by atoms with Gasteiger partial charge in [-0.3, -0.25) is 4.79 Å². The minimum Gasteiger partial charge on any atom is -0.497 e. The molecule has 0 saturated heterocycles. The van der Waals surface area contributed by atoms with E-state index in [4.69, 9.17) is 4.74 Å². The van der Waals surface area contributed by atoms with Gasteiger partial charge in [-0.05, 0) is 42.5 Å². The Bertz CT molecular complexity index is 829. The average Bonchev–Trinajstić information content (AvgIpc) is 3.12. The number of aryl methyl sites for hydroxylation is 2. The largest absolute Gasteiger partial charge is 0.497 e. The molecule has 0 atom stereocenters. The van der Waals surface area contributed by atoms with E-state index in [2.05, 4.69) is 20.4 Å². The summed E-state index contributed by atoms with van der Waals surface area (Å²) in [7, 11) is 1.64. The first kappa shape index (κ1) is 16.9. The number of hydrogen-bond donors (Lipinski definition) is 1. The van der Waals surface area contributed by atoms with Gasteiger partial charge in [0.15, 0.2) is 0 Å². The number of amides is 1. The van der Waals surface area contributed by atoms with E-state index in [9.17, 15) is 4.79 Å². The lowest BCUT2D eigenvalue weighted by molar-refractivity contribution is -0.121. The van der Waals surface area contributed by atoms with Crippen LogP contribution in [0.15, 0.2) is 43.0 Å². The normalized spacial score (nSPS) is 10.8. The van der Waals surface area contributed by atoms with E-state index in [-0.39, 0.29) is 5.91 Å². The SMILES string of the molecule is COc1ccc(CCC(=O)NCCCc2cnc3ncnn3c2)cc1. The van der Waals surface area contributed by atoms with Crippen LogP contribution in [0.1, 0.15) is 24.0 Å². The van der Waals surface area contributed by atoms with E-state index in [0.29, 0.717) is 18.7 Å². The lowest BCUT2D eigenvalue weighted by Crippen LogP contribution is -2.25. The van der Waals surface area contributed by atoms with Crippen LogP contribution < -0.4 is 10.1 Å². The molecular formula is C18H21N5O2. The van der Waals surface area contributed by atoms with E-state index in [0.717, 1.165) is 36.1 Å². The molecule has 3 rings (SSSR count). The van der Waals surface area contributed by atoms with Gasteiger partial charge in [0.25, 0.3) is 5.78 Å². The summed E-state index contributed by atoms with van der Waals surface area (Å²) in [6.07, 6.45) is 8.10. The number of nitrogens with zero attached hydrogens (tertiary/aromatic N) is 4. The number of benzene rings is 1. The summed E-state index contributed by atoms with van der Waals surface area (Å²) in [6, 6.07) is 7.79. The molecule has 1 N–H and O–H groups in total. The van der Waals surface area contributed by atoms with Gasteiger partial charge in [0, 0.05) is 25.4 Å². The van der Waals surface area contributed by atoms with Crippen molar-refractivity contribution in [2.45, 2.75) is 25.7 Å². The molecule has 0 unspecified atom stereocenters. The Labute approximate surface area is 146 Å². The van der Waals surface area contributed by atoms with Crippen molar-refractivity contribution in [1.29, 1.82) is 0 Å². The maximum absolute atomic E-state index is 11.9. The molecule has 2 aromatic heterocycles. The number of carbonyl (C=O) groups is 1. The van der Waals surface area contributed by atoms with Crippen LogP contribution in [0, 0.1) is 0 Å². The third kappa shape index (κ3) is 4.76. The topological polar surface area (TPSA) is 81.4 Å². The highest BCUT2D eigenvalue weighted by molar-refractivity contribution is 5.76. The minimum absolute atomic E-state index is 0.0701. The fourth-order valence-electron chi connectivity index (χ4n) is 2.55. The molecule has 0 aliphatic carbocycles. The van der Waals surface area contributed by atoms with Crippen LogP contribution in [0.3, 0.4) is 0 Å². The van der Waals surface area contributed by atoms with Gasteiger partial charge in [0.1, 0.15) is 12.1 Å². The number of methoxy groups -OCH3 is 1. The Morgan fingerprint density at radius 1 is 1.16 bits per heavy atom. The van der Waals surface area contributed by atoms with Crippen molar-refractivity contribution < 1.29 is 9.53 Å². The van der Waals surface area contributed by atoms with Crippen molar-refractivity contribution in [1.82, 2.24) is 24.9 Å². The third-order valence-electron chi connectivity index (χ3n) is 3.95. The van der Waals surface area contributed by atoms with Gasteiger partial charge in [-0.1, -0.05) is 12.1 Å². The molecule has 2 heterocycles. The van der Waals surface area contributed by atoms with Crippen LogP contribution in [0.2, 0.25) is 0 Å². The zero-order chi connectivity index (χ0) is 17.5. The molecule has 0 spiro atoms. The van der Waals surface area contributed by atoms with E-state index in [1.54, 1.807) is 17.8 Å². The smallest absolute Gasteiger partial charge is 0.252 e. The summed E-state index contributed by atoms with van der Waals surface area (Å²) in [4.78, 5) is 20.2. The molecule has 3 aromatic rings. The number of aromatic nitrogens is 4. The standard InChI is InChI=1S/C18H21N5O2/c1-25-16-7-4-14(5-8-16)6-9-17(24)19-10-2-3-15-11-20-18-21-13-22-23(18)12-15/h4-5,7-8,11-13H,2-3,6,9-10H2,1H3,(H,19,24). The molecule has 7 nitrogen and oxygen atoms in total. The maximum atomic E-state index is 11.9. The zero-order valence-electron chi connectivity index (χ0n) is 14.2. The molecule has 7 heteroatoms. The molecule has 1 aromatic carbocycles. The second-order valence-corrected chi connectivity index (χ2v) is 5.77. The molecule has 1 amide bonds. The predicted molar refractivity (Wildman–Crippen MR) is 93.4 cm³/mol. The Kier molecular flexibility index (Phi) is 5.56. The first-order valence-corrected chi connectivity index (χ1v) is 8.28. The number of fused-ring (bicyclic) bond motifs is 1. The van der Waals surface area contributed by atoms with E-state index >= 15 is 0 Å². The molecule has 0 aliphatic rings. The zero-order valence-corrected chi connectivity index (χ0v) is 14.2. The van der Waals surface area contributed by atoms with E-state index < -0.39 is 0 Å². The van der Waals surface area contributed by atoms with Gasteiger partial charge in [0.2, 0.25) is 5.91 Å². The number of ether oxygens (including phenoxy) is 1. The summed E-state index contributed by atoms with van der Waals surface area (Å²) < 4.78 is 6.78. The van der Waals surface area contributed by atoms with Crippen molar-refractivity contribution in [3.05, 3.63) is 54.1 Å². The Hall–Kier alpha value is -2.96. The van der Waals surface area contributed by atoms with Crippen molar-refractivity contribution in [2.24, 2.45) is 0 Å². The van der Waals surface area contributed by atoms with Gasteiger partial charge >= 0.3 is 0 Å². The van der Waals surface area contributed by atoms with Crippen LogP contribution in [-0.4, -0.2) is 39.1 Å². The van der Waals surface area contributed by atoms with Gasteiger partial charge in [-0.25, -0.2) is 9.50 Å². The summed E-state index contributed by atoms with van der Waals surface area (Å²) in [5, 5.41) is 7.02. The van der Waals surface area contributed by atoms with Crippen LogP contribution in [0.25, 0.3) is 5.78 Å². The fourth-order valence-corrected chi connectivity index (χ4v) is 2.55. The average molecular weight is 339 g/mol. The summed E-state index contributed by atoms with van der Waals surface area (Å²) in [6.45, 7) is 0.650. The Morgan fingerprint density at radius 2 is 2.00 bits per heavy atom. The van der Waals surface area contributed by atoms with Crippen LogP contribution in [0.4, 0.5) is 0 Å². The highest BCUT2D eigenvalue weighted by Gasteiger charge is 2.03. The van der Waals surface area contributed by atoms with Gasteiger partial charge < -0.3 is 10.1 Å². The molecule has 0 radical (unpaired) electrons. The maximum Gasteiger partial charge on any atom is 0.252 e. The molecule has 0 bridgehead atoms. The molecule has 25 heavy (non-hydrogen) atoms. The van der Waals surface area contributed by atoms with Crippen molar-refractivity contribution in [3.63, 3.8) is 0 Å². The Morgan fingerprint density at radius 3 is 2.80 bits per heavy atom. The Balaban J connectivity index is 1.35. The minimum atomic E-state index is 0.0701. The molecule has 0 fully saturated rings. The first-order valence-electron chi connectivity index (χ1n) is 8.28. The van der Waals surface area contributed by atoms with Crippen LogP contribution in [-0.2, 0) is 17.6 Å². The second kappa shape index (κ2) is 8.23. The van der Waals surface area contributed by atoms with Crippen molar-refractivity contribution in [2.75, 3.05) is 13.7 Å². The lowest BCUT2D eigenvalue weighted by atomic mass is 10.1. The highest BCUT2D eigenvalue weighted by Crippen LogP contribution is 2.12. The molecular weight excluding hydrogens is 318 g/mol. The quantitative estimate of drug-likeness (QED) is 0.633. The lowest BCUT2D eigenvalue weighted by Gasteiger charge is -2.06. The monoisotopic (exact) mass is 339 g/mol. The molecule has 0 saturated carbocycles. The summed E-state index contributed by atoms with van der Waals surface area (Å²) >= 11 is 0. The number of carbonyl (C=O) groups excluding carboxylic acids is 1. The first-order chi connectivity index (χ1) is 12.2. The molecule has 0 aliphatic heterocycles. The number of hydrogen-bond acceptors (Lipinski definition) is 5. The summed E-state index contributed by atoms with van der Waals surface area (Å²) in [5.74, 6) is 1.49. The van der Waals surface area contributed by atoms with Crippen LogP contribution in [0.5, 0.6) is 5.75 Å². The fraction of sp³-hybridized carbons (Fsp3) is 0.333. The third-order valence-corrected chi connectivity index (χ3v) is 3.95. The number of nitrogens with one attached hydrogen (secondary N) is 1. The predicted octanol–water partition coefficient (Wildman–Crippen LogP) is 1.81. The second-order valence-electron chi connectivity index (χ2n) is 5.77. The van der Waals surface area contributed by atoms with Crippen LogP contribution >= 0.6 is 0 Å². The van der Waals surface area contributed by atoms with Gasteiger partial charge in [0.05, 0.1) is 7.11 Å². The summed E-state index contributed by atoms with van der Waals surface area (Å²) in [5.41, 5.74) is 2.20. The van der Waals surface area contributed by atoms with Gasteiger partial charge in [-0.15, -0.1) is 0 Å². The number of rotatable bonds is 8. The van der Waals surface area contributed by atoms with Crippen molar-refractivity contribution in [3.8, 4) is 5.75 Å². The van der Waals surface area contributed by atoms with Gasteiger partial charge in [-0.2, -0.15) is 10.1 Å². The van der Waals surface area contributed by atoms with E-state index in [1.165, 1.54) is 6.33 Å². The molecule has 130 valence electrons. The van der Waals surface area contributed by atoms with Crippen molar-refractivity contribution >= 4 is 11.7 Å². The highest BCUT2D eigenvalue weighted by atomic mass is 16.5.